The zero-order valence-electron chi connectivity index (χ0n) is 11.9. The summed E-state index contributed by atoms with van der Waals surface area (Å²) >= 11 is 0. The monoisotopic (exact) mass is 268 g/mol. The molecule has 3 N–H and O–H groups in total. The molecule has 19 heavy (non-hydrogen) atoms. The van der Waals surface area contributed by atoms with E-state index in [2.05, 4.69) is 15.7 Å². The second kappa shape index (κ2) is 7.78. The second-order valence-electron chi connectivity index (χ2n) is 4.59. The molecule has 0 saturated carbocycles. The number of nitrogens with zero attached hydrogens (tertiary/aromatic N) is 2. The van der Waals surface area contributed by atoms with Gasteiger partial charge in [-0.2, -0.15) is 5.10 Å². The van der Waals surface area contributed by atoms with Crippen LogP contribution >= 0.6 is 0 Å². The van der Waals surface area contributed by atoms with Crippen LogP contribution in [0.25, 0.3) is 0 Å². The molecular weight excluding hydrogens is 244 g/mol. The van der Waals surface area contributed by atoms with Gasteiger partial charge >= 0.3 is 6.03 Å². The van der Waals surface area contributed by atoms with Gasteiger partial charge in [-0.3, -0.25) is 4.68 Å². The van der Waals surface area contributed by atoms with Crippen LogP contribution in [-0.4, -0.2) is 33.6 Å². The number of aliphatic hydroxyl groups is 1. The Hall–Kier alpha value is -1.56. The molecule has 0 spiro atoms. The summed E-state index contributed by atoms with van der Waals surface area (Å²) in [5, 5.41) is 19.2. The number of aliphatic hydroxyl groups excluding tert-OH is 1. The van der Waals surface area contributed by atoms with Crippen molar-refractivity contribution < 1.29 is 9.90 Å². The molecule has 0 aromatic carbocycles. The molecule has 1 heterocycles. The molecule has 1 atom stereocenters. The highest BCUT2D eigenvalue weighted by molar-refractivity contribution is 5.73. The molecule has 0 fully saturated rings. The molecular formula is C13H24N4O2. The summed E-state index contributed by atoms with van der Waals surface area (Å²) in [6.07, 6.45) is 3.71. The topological polar surface area (TPSA) is 79.2 Å². The maximum Gasteiger partial charge on any atom is 0.315 e. The van der Waals surface area contributed by atoms with Crippen LogP contribution in [0.15, 0.2) is 6.20 Å². The molecule has 6 heteroatoms. The van der Waals surface area contributed by atoms with Gasteiger partial charge in [0.2, 0.25) is 0 Å². The summed E-state index contributed by atoms with van der Waals surface area (Å²) < 4.78 is 1.76. The lowest BCUT2D eigenvalue weighted by atomic mass is 10.2. The largest absolute Gasteiger partial charge is 0.393 e. The van der Waals surface area contributed by atoms with Crippen molar-refractivity contribution in [2.45, 2.75) is 45.8 Å². The highest BCUT2D eigenvalue weighted by atomic mass is 16.3. The van der Waals surface area contributed by atoms with Crippen LogP contribution in [0, 0.1) is 0 Å². The zero-order chi connectivity index (χ0) is 14.3. The molecule has 1 unspecified atom stereocenters. The van der Waals surface area contributed by atoms with Crippen LogP contribution in [-0.2, 0) is 20.0 Å². The molecule has 0 aliphatic heterocycles. The summed E-state index contributed by atoms with van der Waals surface area (Å²) in [6.45, 7) is 4.91. The van der Waals surface area contributed by atoms with E-state index in [1.807, 2.05) is 27.1 Å². The Bertz CT molecular complexity index is 403. The van der Waals surface area contributed by atoms with E-state index in [1.165, 1.54) is 0 Å². The molecule has 0 radical (unpaired) electrons. The van der Waals surface area contributed by atoms with Crippen molar-refractivity contribution in [2.75, 3.05) is 6.54 Å². The van der Waals surface area contributed by atoms with E-state index in [1.54, 1.807) is 4.68 Å². The predicted molar refractivity (Wildman–Crippen MR) is 73.7 cm³/mol. The summed E-state index contributed by atoms with van der Waals surface area (Å²) in [6, 6.07) is -0.214. The lowest BCUT2D eigenvalue weighted by molar-refractivity contribution is 0.160. The highest BCUT2D eigenvalue weighted by Gasteiger charge is 2.07. The first-order valence-corrected chi connectivity index (χ1v) is 6.77. The third-order valence-corrected chi connectivity index (χ3v) is 3.00. The van der Waals surface area contributed by atoms with Crippen molar-refractivity contribution in [3.63, 3.8) is 0 Å². The Kier molecular flexibility index (Phi) is 6.35. The van der Waals surface area contributed by atoms with E-state index < -0.39 is 0 Å². The third-order valence-electron chi connectivity index (χ3n) is 3.00. The SMILES string of the molecule is CCc1nn(C)cc1CNC(=O)NCCC(O)CC. The summed E-state index contributed by atoms with van der Waals surface area (Å²) in [5.41, 5.74) is 2.04. The zero-order valence-corrected chi connectivity index (χ0v) is 11.9. The summed E-state index contributed by atoms with van der Waals surface area (Å²) in [5.74, 6) is 0. The summed E-state index contributed by atoms with van der Waals surface area (Å²) in [4.78, 5) is 11.6. The molecule has 0 aliphatic carbocycles. The third kappa shape index (κ3) is 5.30. The molecule has 1 aromatic rings. The van der Waals surface area contributed by atoms with Crippen molar-refractivity contribution >= 4 is 6.03 Å². The molecule has 1 aromatic heterocycles. The first-order valence-electron chi connectivity index (χ1n) is 6.77. The number of hydrogen-bond acceptors (Lipinski definition) is 3. The summed E-state index contributed by atoms with van der Waals surface area (Å²) in [7, 11) is 1.87. The fraction of sp³-hybridized carbons (Fsp3) is 0.692. The fourth-order valence-corrected chi connectivity index (χ4v) is 1.82. The van der Waals surface area contributed by atoms with Gasteiger partial charge in [0.1, 0.15) is 0 Å². The van der Waals surface area contributed by atoms with Gasteiger partial charge in [-0.15, -0.1) is 0 Å². The number of hydrogen-bond donors (Lipinski definition) is 3. The number of nitrogens with one attached hydrogen (secondary N) is 2. The molecule has 1 rings (SSSR count). The molecule has 6 nitrogen and oxygen atoms in total. The predicted octanol–water partition coefficient (Wildman–Crippen LogP) is 0.943. The van der Waals surface area contributed by atoms with Gasteiger partial charge in [-0.05, 0) is 19.3 Å². The Balaban J connectivity index is 2.29. The highest BCUT2D eigenvalue weighted by Crippen LogP contribution is 2.06. The van der Waals surface area contributed by atoms with Crippen LogP contribution in [0.1, 0.15) is 37.9 Å². The maximum absolute atomic E-state index is 11.6. The average molecular weight is 268 g/mol. The van der Waals surface area contributed by atoms with Crippen LogP contribution in [0.2, 0.25) is 0 Å². The van der Waals surface area contributed by atoms with E-state index in [0.29, 0.717) is 25.9 Å². The van der Waals surface area contributed by atoms with Gasteiger partial charge in [0.15, 0.2) is 0 Å². The minimum Gasteiger partial charge on any atom is -0.393 e. The van der Waals surface area contributed by atoms with Crippen LogP contribution in [0.4, 0.5) is 4.79 Å². The molecule has 0 aliphatic rings. The Morgan fingerprint density at radius 3 is 2.84 bits per heavy atom. The standard InChI is InChI=1S/C13H24N4O2/c1-4-11(18)6-7-14-13(19)15-8-10-9-17(3)16-12(10)5-2/h9,11,18H,4-8H2,1-3H3,(H2,14,15,19). The number of aromatic nitrogens is 2. The van der Waals surface area contributed by atoms with E-state index in [0.717, 1.165) is 17.7 Å². The van der Waals surface area contributed by atoms with Gasteiger partial charge in [0.05, 0.1) is 11.8 Å². The Morgan fingerprint density at radius 1 is 1.47 bits per heavy atom. The van der Waals surface area contributed by atoms with E-state index in [9.17, 15) is 9.90 Å². The Morgan fingerprint density at radius 2 is 2.21 bits per heavy atom. The smallest absolute Gasteiger partial charge is 0.315 e. The average Bonchev–Trinajstić information content (AvgIpc) is 2.76. The lowest BCUT2D eigenvalue weighted by Gasteiger charge is -2.09. The number of aryl methyl sites for hydroxylation is 2. The van der Waals surface area contributed by atoms with Crippen molar-refractivity contribution in [1.29, 1.82) is 0 Å². The van der Waals surface area contributed by atoms with E-state index >= 15 is 0 Å². The minimum atomic E-state index is -0.342. The van der Waals surface area contributed by atoms with Crippen molar-refractivity contribution in [2.24, 2.45) is 7.05 Å². The van der Waals surface area contributed by atoms with Gasteiger partial charge in [-0.25, -0.2) is 4.79 Å². The number of urea groups is 1. The lowest BCUT2D eigenvalue weighted by Crippen LogP contribution is -2.36. The molecule has 0 saturated heterocycles. The quantitative estimate of drug-likeness (QED) is 0.688. The number of amides is 2. The minimum absolute atomic E-state index is 0.214. The van der Waals surface area contributed by atoms with Gasteiger partial charge in [0, 0.05) is 31.9 Å². The van der Waals surface area contributed by atoms with Crippen molar-refractivity contribution in [3.05, 3.63) is 17.5 Å². The van der Waals surface area contributed by atoms with Crippen LogP contribution in [0.3, 0.4) is 0 Å². The number of carbonyl (C=O) groups is 1. The van der Waals surface area contributed by atoms with E-state index in [-0.39, 0.29) is 12.1 Å². The van der Waals surface area contributed by atoms with Gasteiger partial charge in [-0.1, -0.05) is 13.8 Å². The Labute approximate surface area is 114 Å². The van der Waals surface area contributed by atoms with Crippen LogP contribution < -0.4 is 10.6 Å². The number of carbonyl (C=O) groups excluding carboxylic acids is 1. The second-order valence-corrected chi connectivity index (χ2v) is 4.59. The first kappa shape index (κ1) is 15.5. The maximum atomic E-state index is 11.6. The fourth-order valence-electron chi connectivity index (χ4n) is 1.82. The molecule has 0 bridgehead atoms. The first-order chi connectivity index (χ1) is 9.06. The van der Waals surface area contributed by atoms with Crippen molar-refractivity contribution in [1.82, 2.24) is 20.4 Å². The number of rotatable bonds is 7. The van der Waals surface area contributed by atoms with Gasteiger partial charge < -0.3 is 15.7 Å². The molecule has 108 valence electrons. The van der Waals surface area contributed by atoms with Gasteiger partial charge in [0.25, 0.3) is 0 Å². The van der Waals surface area contributed by atoms with Crippen LogP contribution in [0.5, 0.6) is 0 Å². The molecule has 2 amide bonds. The van der Waals surface area contributed by atoms with E-state index in [4.69, 9.17) is 0 Å². The van der Waals surface area contributed by atoms with Crippen molar-refractivity contribution in [3.8, 4) is 0 Å². The normalized spacial score (nSPS) is 12.2.